The van der Waals surface area contributed by atoms with Gasteiger partial charge >= 0.3 is 0 Å². The highest BCUT2D eigenvalue weighted by Gasteiger charge is 2.03. The van der Waals surface area contributed by atoms with Crippen LogP contribution in [0.5, 0.6) is 0 Å². The molecule has 3 nitrogen and oxygen atoms in total. The number of carbonyl (C=O) groups is 1. The molecule has 0 saturated heterocycles. The molecule has 0 saturated carbocycles. The zero-order chi connectivity index (χ0) is 13.7. The third-order valence-electron chi connectivity index (χ3n) is 3.06. The largest absolute Gasteiger partial charge is 0.300 e. The summed E-state index contributed by atoms with van der Waals surface area (Å²) in [6.07, 6.45) is 3.90. The van der Waals surface area contributed by atoms with Gasteiger partial charge in [-0.2, -0.15) is 0 Å². The van der Waals surface area contributed by atoms with E-state index in [1.165, 1.54) is 5.56 Å². The van der Waals surface area contributed by atoms with Crippen molar-refractivity contribution in [2.75, 3.05) is 0 Å². The fourth-order valence-electron chi connectivity index (χ4n) is 1.88. The Kier molecular flexibility index (Phi) is 4.39. The summed E-state index contributed by atoms with van der Waals surface area (Å²) in [5, 5.41) is 0. The molecule has 1 heterocycles. The van der Waals surface area contributed by atoms with Crippen molar-refractivity contribution in [1.29, 1.82) is 0 Å². The number of aromatic nitrogens is 2. The Balaban J connectivity index is 2.19. The molecule has 1 aromatic carbocycles. The molecule has 0 aliphatic rings. The molecule has 0 spiro atoms. The number of benzene rings is 1. The van der Waals surface area contributed by atoms with Gasteiger partial charge in [0.25, 0.3) is 0 Å². The Morgan fingerprint density at radius 2 is 1.89 bits per heavy atom. The van der Waals surface area contributed by atoms with E-state index in [2.05, 4.69) is 41.2 Å². The Bertz CT molecular complexity index is 561. The molecular formula is C16H18N2O. The normalized spacial score (nSPS) is 10.4. The van der Waals surface area contributed by atoms with Crippen molar-refractivity contribution in [1.82, 2.24) is 9.97 Å². The van der Waals surface area contributed by atoms with Crippen LogP contribution in [0.3, 0.4) is 0 Å². The second-order valence-corrected chi connectivity index (χ2v) is 4.61. The Hall–Kier alpha value is -2.03. The number of aryl methyl sites for hydroxylation is 2. The summed E-state index contributed by atoms with van der Waals surface area (Å²) in [6, 6.07) is 10.3. The van der Waals surface area contributed by atoms with E-state index in [4.69, 9.17) is 0 Å². The summed E-state index contributed by atoms with van der Waals surface area (Å²) < 4.78 is 0. The van der Waals surface area contributed by atoms with Crippen LogP contribution in [0, 0.1) is 0 Å². The lowest BCUT2D eigenvalue weighted by Gasteiger charge is -2.04. The van der Waals surface area contributed by atoms with E-state index < -0.39 is 0 Å². The van der Waals surface area contributed by atoms with Gasteiger partial charge in [-0.3, -0.25) is 0 Å². The Morgan fingerprint density at radius 1 is 1.16 bits per heavy atom. The van der Waals surface area contributed by atoms with Gasteiger partial charge in [0.05, 0.1) is 5.69 Å². The monoisotopic (exact) mass is 254 g/mol. The topological polar surface area (TPSA) is 42.9 Å². The summed E-state index contributed by atoms with van der Waals surface area (Å²) in [6.45, 7) is 3.73. The first kappa shape index (κ1) is 13.4. The fourth-order valence-corrected chi connectivity index (χ4v) is 1.88. The standard InChI is InChI=1S/C16H18N2O/c1-3-13-5-7-14(8-6-13)15-10-11-17-16(18-15)9-4-12(2)19/h5-8,10-11H,3-4,9H2,1-2H3. The van der Waals surface area contributed by atoms with Gasteiger partial charge in [0.15, 0.2) is 0 Å². The van der Waals surface area contributed by atoms with Gasteiger partial charge < -0.3 is 4.79 Å². The maximum Gasteiger partial charge on any atom is 0.130 e. The molecule has 0 aliphatic heterocycles. The number of rotatable bonds is 5. The molecule has 3 heteroatoms. The van der Waals surface area contributed by atoms with Gasteiger partial charge in [-0.05, 0) is 25.0 Å². The Morgan fingerprint density at radius 3 is 2.53 bits per heavy atom. The minimum Gasteiger partial charge on any atom is -0.300 e. The number of hydrogen-bond acceptors (Lipinski definition) is 3. The van der Waals surface area contributed by atoms with Crippen molar-refractivity contribution >= 4 is 5.78 Å². The molecular weight excluding hydrogens is 236 g/mol. The molecule has 19 heavy (non-hydrogen) atoms. The maximum atomic E-state index is 11.0. The quantitative estimate of drug-likeness (QED) is 0.822. The van der Waals surface area contributed by atoms with Crippen LogP contribution in [-0.2, 0) is 17.6 Å². The van der Waals surface area contributed by atoms with Crippen molar-refractivity contribution in [3.63, 3.8) is 0 Å². The molecule has 1 aromatic heterocycles. The summed E-state index contributed by atoms with van der Waals surface area (Å²) in [4.78, 5) is 19.7. The highest BCUT2D eigenvalue weighted by molar-refractivity contribution is 5.75. The second kappa shape index (κ2) is 6.23. The summed E-state index contributed by atoms with van der Waals surface area (Å²) in [5.74, 6) is 0.897. The number of hydrogen-bond donors (Lipinski definition) is 0. The Labute approximate surface area is 113 Å². The number of Topliss-reactive ketones (excluding diaryl/α,β-unsaturated/α-hetero) is 1. The van der Waals surface area contributed by atoms with Crippen LogP contribution in [0.4, 0.5) is 0 Å². The lowest BCUT2D eigenvalue weighted by atomic mass is 10.1. The third kappa shape index (κ3) is 3.71. The van der Waals surface area contributed by atoms with E-state index in [0.717, 1.165) is 23.5 Å². The summed E-state index contributed by atoms with van der Waals surface area (Å²) >= 11 is 0. The van der Waals surface area contributed by atoms with E-state index in [-0.39, 0.29) is 5.78 Å². The van der Waals surface area contributed by atoms with Gasteiger partial charge in [-0.25, -0.2) is 9.97 Å². The molecule has 0 radical (unpaired) electrons. The van der Waals surface area contributed by atoms with E-state index in [9.17, 15) is 4.79 Å². The fraction of sp³-hybridized carbons (Fsp3) is 0.312. The van der Waals surface area contributed by atoms with E-state index >= 15 is 0 Å². The lowest BCUT2D eigenvalue weighted by Crippen LogP contribution is -2.00. The smallest absolute Gasteiger partial charge is 0.130 e. The van der Waals surface area contributed by atoms with Crippen molar-refractivity contribution in [3.8, 4) is 11.3 Å². The zero-order valence-electron chi connectivity index (χ0n) is 11.4. The van der Waals surface area contributed by atoms with Crippen molar-refractivity contribution in [3.05, 3.63) is 47.9 Å². The summed E-state index contributed by atoms with van der Waals surface area (Å²) in [7, 11) is 0. The van der Waals surface area contributed by atoms with Crippen LogP contribution in [0.2, 0.25) is 0 Å². The molecule has 0 N–H and O–H groups in total. The highest BCUT2D eigenvalue weighted by atomic mass is 16.1. The molecule has 0 unspecified atom stereocenters. The molecule has 98 valence electrons. The van der Waals surface area contributed by atoms with Crippen LogP contribution in [-0.4, -0.2) is 15.8 Å². The maximum absolute atomic E-state index is 11.0. The van der Waals surface area contributed by atoms with Gasteiger partial charge in [-0.1, -0.05) is 31.2 Å². The zero-order valence-corrected chi connectivity index (χ0v) is 11.4. The molecule has 0 amide bonds. The first-order valence-corrected chi connectivity index (χ1v) is 6.59. The van der Waals surface area contributed by atoms with Crippen molar-refractivity contribution in [2.24, 2.45) is 0 Å². The van der Waals surface area contributed by atoms with Gasteiger partial charge in [0.1, 0.15) is 11.6 Å². The third-order valence-corrected chi connectivity index (χ3v) is 3.06. The van der Waals surface area contributed by atoms with E-state index in [1.54, 1.807) is 13.1 Å². The van der Waals surface area contributed by atoms with Crippen LogP contribution >= 0.6 is 0 Å². The van der Waals surface area contributed by atoms with Crippen LogP contribution < -0.4 is 0 Å². The van der Waals surface area contributed by atoms with Gasteiger partial charge in [-0.15, -0.1) is 0 Å². The van der Waals surface area contributed by atoms with Crippen LogP contribution in [0.15, 0.2) is 36.5 Å². The molecule has 0 aliphatic carbocycles. The average Bonchev–Trinajstić information content (AvgIpc) is 2.45. The molecule has 0 fully saturated rings. The first-order valence-electron chi connectivity index (χ1n) is 6.59. The molecule has 0 atom stereocenters. The molecule has 2 rings (SSSR count). The van der Waals surface area contributed by atoms with Crippen LogP contribution in [0.1, 0.15) is 31.7 Å². The van der Waals surface area contributed by atoms with Gasteiger partial charge in [0.2, 0.25) is 0 Å². The molecule has 0 bridgehead atoms. The van der Waals surface area contributed by atoms with Gasteiger partial charge in [0, 0.05) is 24.6 Å². The van der Waals surface area contributed by atoms with Crippen LogP contribution in [0.25, 0.3) is 11.3 Å². The number of carbonyl (C=O) groups excluding carboxylic acids is 1. The van der Waals surface area contributed by atoms with Crippen molar-refractivity contribution in [2.45, 2.75) is 33.1 Å². The van der Waals surface area contributed by atoms with E-state index in [1.807, 2.05) is 6.07 Å². The van der Waals surface area contributed by atoms with E-state index in [0.29, 0.717) is 12.8 Å². The second-order valence-electron chi connectivity index (χ2n) is 4.61. The average molecular weight is 254 g/mol. The number of nitrogens with zero attached hydrogens (tertiary/aromatic N) is 2. The highest BCUT2D eigenvalue weighted by Crippen LogP contribution is 2.17. The molecule has 2 aromatic rings. The predicted octanol–water partition coefficient (Wildman–Crippen LogP) is 3.23. The minimum absolute atomic E-state index is 0.168. The lowest BCUT2D eigenvalue weighted by molar-refractivity contribution is -0.117. The summed E-state index contributed by atoms with van der Waals surface area (Å²) in [5.41, 5.74) is 3.31. The van der Waals surface area contributed by atoms with Crippen molar-refractivity contribution < 1.29 is 4.79 Å². The predicted molar refractivity (Wildman–Crippen MR) is 75.8 cm³/mol. The SMILES string of the molecule is CCc1ccc(-c2ccnc(CCC(C)=O)n2)cc1. The first-order chi connectivity index (χ1) is 9.19. The number of ketones is 1. The minimum atomic E-state index is 0.168.